The Labute approximate surface area is 525 Å². The molecule has 0 radical (unpaired) electrons. The Hall–Kier alpha value is -10.8. The summed E-state index contributed by atoms with van der Waals surface area (Å²) in [4.78, 5) is 54.3. The van der Waals surface area contributed by atoms with Crippen molar-refractivity contribution < 1.29 is 57.3 Å². The molecular formula is C68H75N11O12. The van der Waals surface area contributed by atoms with Gasteiger partial charge < -0.3 is 79.7 Å². The molecule has 5 aromatic heterocycles. The highest BCUT2D eigenvalue weighted by Gasteiger charge is 2.28. The number of carboxylic acids is 1. The third-order valence-corrected chi connectivity index (χ3v) is 13.8. The van der Waals surface area contributed by atoms with Crippen LogP contribution >= 0.6 is 0 Å². The summed E-state index contributed by atoms with van der Waals surface area (Å²) in [5.74, 6) is 2.85. The van der Waals surface area contributed by atoms with Crippen molar-refractivity contribution in [3.8, 4) is 40.0 Å². The number of methoxy groups -OCH3 is 3. The summed E-state index contributed by atoms with van der Waals surface area (Å²) in [6.45, 7) is 10.4. The van der Waals surface area contributed by atoms with Crippen LogP contribution in [0.2, 0.25) is 0 Å². The van der Waals surface area contributed by atoms with Crippen molar-refractivity contribution in [2.24, 2.45) is 5.73 Å². The lowest BCUT2D eigenvalue weighted by Gasteiger charge is -2.22. The fraction of sp³-hybridized carbons (Fsp3) is 0.265. The van der Waals surface area contributed by atoms with E-state index in [1.54, 1.807) is 72.6 Å². The van der Waals surface area contributed by atoms with Gasteiger partial charge in [-0.05, 0) is 161 Å². The van der Waals surface area contributed by atoms with E-state index in [-0.39, 0.29) is 24.8 Å². The summed E-state index contributed by atoms with van der Waals surface area (Å²) in [5, 5.41) is 41.9. The quantitative estimate of drug-likeness (QED) is 0.0360. The lowest BCUT2D eigenvalue weighted by atomic mass is 10.0. The highest BCUT2D eigenvalue weighted by Crippen LogP contribution is 2.29. The minimum absolute atomic E-state index is 0.179. The molecule has 0 aliphatic carbocycles. The molecule has 5 heterocycles. The van der Waals surface area contributed by atoms with Gasteiger partial charge in [0, 0.05) is 75.3 Å². The minimum Gasteiger partial charge on any atom is -0.497 e. The van der Waals surface area contributed by atoms with Gasteiger partial charge in [0.15, 0.2) is 0 Å². The highest BCUT2D eigenvalue weighted by molar-refractivity contribution is 5.99. The smallest absolute Gasteiger partial charge is 0.408 e. The van der Waals surface area contributed by atoms with Crippen LogP contribution < -0.4 is 30.6 Å². The number of aromatic amines is 3. The van der Waals surface area contributed by atoms with Crippen molar-refractivity contribution >= 4 is 56.6 Å². The van der Waals surface area contributed by atoms with Crippen LogP contribution in [0, 0.1) is 5.41 Å². The Morgan fingerprint density at radius 3 is 1.35 bits per heavy atom. The summed E-state index contributed by atoms with van der Waals surface area (Å²) in [5.41, 5.74) is 13.6. The number of fused-ring (bicyclic) bond motifs is 3. The Kier molecular flexibility index (Phi) is 22.1. The summed E-state index contributed by atoms with van der Waals surface area (Å²) >= 11 is 0. The van der Waals surface area contributed by atoms with Crippen LogP contribution in [0.25, 0.3) is 55.5 Å². The number of rotatable bonds is 18. The number of aliphatic hydroxyl groups excluding tert-OH is 1. The van der Waals surface area contributed by atoms with E-state index in [0.717, 1.165) is 83.3 Å². The summed E-state index contributed by atoms with van der Waals surface area (Å²) in [7, 11) is 4.83. The van der Waals surface area contributed by atoms with Crippen molar-refractivity contribution in [1.82, 2.24) is 45.9 Å². The number of carbonyl (C=O) groups excluding carboxylic acids is 2. The molecule has 11 aromatic rings. The average Bonchev–Trinajstić information content (AvgIpc) is 1.77. The number of carboxylic acid groups (broad SMARTS) is 1. The number of aromatic nitrogens is 7. The number of amides is 2. The maximum atomic E-state index is 12.5. The first-order chi connectivity index (χ1) is 43.6. The number of nitrogens with two attached hydrogens (primary N) is 1. The molecule has 0 saturated carbocycles. The van der Waals surface area contributed by atoms with E-state index >= 15 is 0 Å². The van der Waals surface area contributed by atoms with Crippen LogP contribution in [0.4, 0.5) is 9.59 Å². The van der Waals surface area contributed by atoms with Gasteiger partial charge in [-0.3, -0.25) is 0 Å². The largest absolute Gasteiger partial charge is 0.497 e. The number of aliphatic carboxylic acids is 1. The van der Waals surface area contributed by atoms with Crippen LogP contribution in [0.5, 0.6) is 17.2 Å². The number of para-hydroxylation sites is 3. The Morgan fingerprint density at radius 2 is 0.934 bits per heavy atom. The van der Waals surface area contributed by atoms with Gasteiger partial charge in [-0.25, -0.2) is 14.4 Å². The summed E-state index contributed by atoms with van der Waals surface area (Å²) < 4.78 is 36.8. The maximum Gasteiger partial charge on any atom is 0.408 e. The van der Waals surface area contributed by atoms with Gasteiger partial charge in [-0.1, -0.05) is 64.9 Å². The van der Waals surface area contributed by atoms with E-state index in [1.807, 2.05) is 148 Å². The molecule has 0 saturated heterocycles. The average molecular weight is 1240 g/mol. The molecule has 91 heavy (non-hydrogen) atoms. The zero-order valence-electron chi connectivity index (χ0n) is 52.0. The molecule has 0 aliphatic heterocycles. The number of H-pyrrole nitrogens is 3. The lowest BCUT2D eigenvalue weighted by molar-refractivity contribution is -0.139. The predicted octanol–water partition coefficient (Wildman–Crippen LogP) is 12.2. The van der Waals surface area contributed by atoms with Crippen molar-refractivity contribution in [2.75, 3.05) is 27.9 Å². The molecular weight excluding hydrogens is 1160 g/mol. The fourth-order valence-corrected chi connectivity index (χ4v) is 9.33. The number of carbonyl (C=O) groups is 3. The van der Waals surface area contributed by atoms with E-state index < -0.39 is 41.4 Å². The molecule has 10 N–H and O–H groups in total. The Bertz CT molecular complexity index is 4160. The molecule has 11 rings (SSSR count). The van der Waals surface area contributed by atoms with Crippen LogP contribution in [0.15, 0.2) is 173 Å². The normalized spacial score (nSPS) is 12.2. The molecule has 2 amide bonds. The van der Waals surface area contributed by atoms with Gasteiger partial charge in [0.2, 0.25) is 23.4 Å². The van der Waals surface area contributed by atoms with Gasteiger partial charge in [-0.15, -0.1) is 0 Å². The van der Waals surface area contributed by atoms with E-state index in [9.17, 15) is 19.5 Å². The Balaban J connectivity index is 0.000000164. The number of hydrogen-bond donors (Lipinski definition) is 9. The number of ether oxygens (including phenoxy) is 5. The molecule has 474 valence electrons. The fourth-order valence-electron chi connectivity index (χ4n) is 9.33. The zero-order valence-corrected chi connectivity index (χ0v) is 52.0. The molecule has 6 aromatic carbocycles. The van der Waals surface area contributed by atoms with Gasteiger partial charge in [-0.2, -0.15) is 9.97 Å². The molecule has 3 atom stereocenters. The number of hydrogen-bond acceptors (Lipinski definition) is 17. The molecule has 23 nitrogen and oxygen atoms in total. The number of nitrogens with zero attached hydrogens (tertiary/aromatic N) is 4. The Morgan fingerprint density at radius 1 is 0.549 bits per heavy atom. The van der Waals surface area contributed by atoms with Gasteiger partial charge in [0.1, 0.15) is 40.5 Å². The summed E-state index contributed by atoms with van der Waals surface area (Å²) in [6.07, 6.45) is 5.63. The molecule has 0 bridgehead atoms. The van der Waals surface area contributed by atoms with Crippen LogP contribution in [-0.4, -0.2) is 114 Å². The monoisotopic (exact) mass is 1240 g/mol. The van der Waals surface area contributed by atoms with Crippen LogP contribution in [0.3, 0.4) is 0 Å². The highest BCUT2D eigenvalue weighted by atomic mass is 16.6. The van der Waals surface area contributed by atoms with Crippen molar-refractivity contribution in [3.05, 3.63) is 198 Å². The van der Waals surface area contributed by atoms with E-state index in [1.165, 1.54) is 0 Å². The molecule has 0 spiro atoms. The zero-order chi connectivity index (χ0) is 65.2. The lowest BCUT2D eigenvalue weighted by Crippen LogP contribution is -2.44. The van der Waals surface area contributed by atoms with Crippen molar-refractivity contribution in [3.63, 3.8) is 0 Å². The number of alkyl carbamates (subject to hydrolysis) is 2. The van der Waals surface area contributed by atoms with Crippen LogP contribution in [-0.2, 0) is 33.5 Å². The second-order valence-corrected chi connectivity index (χ2v) is 22.8. The number of aliphatic hydroxyl groups is 1. The summed E-state index contributed by atoms with van der Waals surface area (Å²) in [6, 6.07) is 43.6. The van der Waals surface area contributed by atoms with Gasteiger partial charge >= 0.3 is 18.2 Å². The molecule has 0 fully saturated rings. The van der Waals surface area contributed by atoms with Crippen molar-refractivity contribution in [2.45, 2.75) is 90.1 Å². The van der Waals surface area contributed by atoms with E-state index in [0.29, 0.717) is 36.3 Å². The van der Waals surface area contributed by atoms with Gasteiger partial charge in [0.05, 0.1) is 39.7 Å². The second-order valence-electron chi connectivity index (χ2n) is 22.8. The SMILES string of the molecule is CC(C)(C)OC(=O)N[C@@H](Cc1c[nH]c2ccccc12)C(=O)O.COc1ccc(-c2noc([C@@H](N)Cc3c[nH]c4ccccc34)n2)cc1.COc1ccc(-c2noc([C@H](Cc3c[nH]c4ccccc34)NC(=O)OC(C)(C)C)n2)cc1.COc1ccc(C(=N)CO)cc1. The van der Waals surface area contributed by atoms with E-state index in [4.69, 9.17) is 49.0 Å². The topological polar surface area (TPSA) is 337 Å². The molecule has 23 heteroatoms. The third-order valence-electron chi connectivity index (χ3n) is 13.8. The van der Waals surface area contributed by atoms with E-state index in [2.05, 4.69) is 51.9 Å². The predicted molar refractivity (Wildman–Crippen MR) is 345 cm³/mol. The number of nitrogens with one attached hydrogen (secondary N) is 6. The first kappa shape index (κ1) is 66.2. The van der Waals surface area contributed by atoms with Gasteiger partial charge in [0.25, 0.3) is 0 Å². The maximum absolute atomic E-state index is 12.5. The first-order valence-electron chi connectivity index (χ1n) is 29.0. The standard InChI is InChI=1S/C24H26N4O4.C19H18N4O2.C16H20N2O4.C9H11NO2/c1-24(2,3)31-23(29)26-20(13-16-14-25-19-8-6-5-7-18(16)19)22-27-21(28-32-22)15-9-11-17(30-4)12-10-15;1-24-14-8-6-12(7-9-14)18-22-19(25-23-18)16(20)10-13-11-21-17-5-3-2-4-15(13)17;1-16(2,3)22-15(21)18-13(14(19)20)8-10-9-17-12-7-5-4-6-11(10)12;1-12-8-4-2-7(3-5-8)9(10)6-11/h5-12,14,20,25H,13H2,1-4H3,(H,26,29);2-9,11,16,21H,10,20H2,1H3;4-7,9,13,17H,8H2,1-3H3,(H,18,21)(H,19,20);2-5,10-11H,6H2,1H3/t20-;16-;13-;/m000./s1. The van der Waals surface area contributed by atoms with Crippen molar-refractivity contribution in [1.29, 1.82) is 5.41 Å². The second kappa shape index (κ2) is 30.4. The first-order valence-corrected chi connectivity index (χ1v) is 29.0. The third kappa shape index (κ3) is 18.6. The minimum atomic E-state index is -1.10. The van der Waals surface area contributed by atoms with Crippen LogP contribution in [0.1, 0.15) is 87.7 Å². The molecule has 0 unspecified atom stereocenters. The number of benzene rings is 6. The molecule has 0 aliphatic rings.